The highest BCUT2D eigenvalue weighted by Crippen LogP contribution is 2.45. The van der Waals surface area contributed by atoms with Crippen molar-refractivity contribution in [2.45, 2.75) is 31.1 Å². The van der Waals surface area contributed by atoms with Crippen LogP contribution in [0.4, 0.5) is 5.82 Å². The number of anilines is 1. The second kappa shape index (κ2) is 12.5. The molecular formula is C25H26ClN6O8P. The van der Waals surface area contributed by atoms with Crippen LogP contribution >= 0.6 is 19.3 Å². The number of aromatic nitrogens is 4. The first-order chi connectivity index (χ1) is 19.7. The smallest absolute Gasteiger partial charge is 0.459 e. The fourth-order valence-corrected chi connectivity index (χ4v) is 5.59. The Morgan fingerprint density at radius 1 is 1.10 bits per heavy atom. The number of ether oxygens (including phenoxy) is 2. The van der Waals surface area contributed by atoms with Gasteiger partial charge in [0.2, 0.25) is 5.28 Å². The van der Waals surface area contributed by atoms with Crippen molar-refractivity contribution in [2.24, 2.45) is 0 Å². The Kier molecular flexibility index (Phi) is 8.80. The minimum absolute atomic E-state index is 0.0233. The minimum Gasteiger partial charge on any atom is -0.460 e. The van der Waals surface area contributed by atoms with E-state index in [0.29, 0.717) is 0 Å². The number of para-hydroxylation sites is 1. The number of fused-ring (bicyclic) bond motifs is 1. The van der Waals surface area contributed by atoms with Crippen LogP contribution in [0.25, 0.3) is 11.2 Å². The first kappa shape index (κ1) is 28.9. The summed E-state index contributed by atoms with van der Waals surface area (Å²) in [5.41, 5.74) is 6.98. The van der Waals surface area contributed by atoms with Crippen molar-refractivity contribution >= 4 is 42.3 Å². The summed E-state index contributed by atoms with van der Waals surface area (Å²) in [4.78, 5) is 24.4. The Morgan fingerprint density at radius 3 is 2.54 bits per heavy atom. The van der Waals surface area contributed by atoms with E-state index in [1.54, 1.807) is 42.5 Å². The van der Waals surface area contributed by atoms with E-state index in [1.165, 1.54) is 10.9 Å². The lowest BCUT2D eigenvalue weighted by atomic mass is 10.1. The normalized spacial score (nSPS) is 21.9. The van der Waals surface area contributed by atoms with Gasteiger partial charge in [0.25, 0.3) is 0 Å². The monoisotopic (exact) mass is 604 g/mol. The molecule has 0 amide bonds. The Balaban J connectivity index is 1.27. The topological polar surface area (TPSA) is 193 Å². The molecule has 5 atom stereocenters. The molecule has 0 bridgehead atoms. The third kappa shape index (κ3) is 6.66. The van der Waals surface area contributed by atoms with Gasteiger partial charge in [0.1, 0.15) is 43.5 Å². The molecular weight excluding hydrogens is 579 g/mol. The van der Waals surface area contributed by atoms with E-state index in [9.17, 15) is 19.6 Å². The quantitative estimate of drug-likeness (QED) is 0.111. The SMILES string of the molecule is Nc1ncnc2c1nc(Cl)n2[C@@H]1O[C@H](CO[P@](=O)(NCC(=O)OCc2ccccc2)Oc2ccccc2)[C@H](O)[C@H]1O. The van der Waals surface area contributed by atoms with Crippen LogP contribution < -0.4 is 15.3 Å². The van der Waals surface area contributed by atoms with Crippen molar-refractivity contribution in [3.63, 3.8) is 0 Å². The number of imidazole rings is 1. The highest BCUT2D eigenvalue weighted by molar-refractivity contribution is 7.52. The number of nitrogen functional groups attached to an aromatic ring is 1. The van der Waals surface area contributed by atoms with E-state index in [0.717, 1.165) is 5.56 Å². The number of benzene rings is 2. The number of hydrogen-bond acceptors (Lipinski definition) is 12. The highest BCUT2D eigenvalue weighted by atomic mass is 35.5. The molecule has 1 saturated heterocycles. The van der Waals surface area contributed by atoms with Crippen LogP contribution in [-0.4, -0.2) is 67.2 Å². The molecule has 2 aromatic carbocycles. The largest absolute Gasteiger partial charge is 0.460 e. The first-order valence-corrected chi connectivity index (χ1v) is 14.3. The predicted molar refractivity (Wildman–Crippen MR) is 146 cm³/mol. The van der Waals surface area contributed by atoms with Crippen LogP contribution in [0.1, 0.15) is 11.8 Å². The summed E-state index contributed by atoms with van der Waals surface area (Å²) in [6.07, 6.45) is -4.22. The molecule has 3 heterocycles. The maximum Gasteiger partial charge on any atom is 0.459 e. The predicted octanol–water partition coefficient (Wildman–Crippen LogP) is 2.22. The van der Waals surface area contributed by atoms with Crippen molar-refractivity contribution in [3.8, 4) is 5.75 Å². The molecule has 5 rings (SSSR count). The molecule has 0 unspecified atom stereocenters. The van der Waals surface area contributed by atoms with Gasteiger partial charge in [0, 0.05) is 0 Å². The van der Waals surface area contributed by atoms with Crippen molar-refractivity contribution < 1.29 is 38.1 Å². The molecule has 41 heavy (non-hydrogen) atoms. The van der Waals surface area contributed by atoms with Crippen LogP contribution in [0.5, 0.6) is 5.75 Å². The number of carbonyl (C=O) groups excluding carboxylic acids is 1. The van der Waals surface area contributed by atoms with Gasteiger partial charge < -0.3 is 29.9 Å². The number of rotatable bonds is 11. The average molecular weight is 605 g/mol. The molecule has 0 spiro atoms. The number of halogens is 1. The molecule has 16 heteroatoms. The van der Waals surface area contributed by atoms with Gasteiger partial charge in [-0.05, 0) is 29.3 Å². The summed E-state index contributed by atoms with van der Waals surface area (Å²) in [5.74, 6) is -0.443. The molecule has 0 aliphatic carbocycles. The summed E-state index contributed by atoms with van der Waals surface area (Å²) >= 11 is 6.26. The lowest BCUT2D eigenvalue weighted by molar-refractivity contribution is -0.143. The molecule has 0 radical (unpaired) electrons. The molecule has 216 valence electrons. The Bertz CT molecular complexity index is 1550. The van der Waals surface area contributed by atoms with Gasteiger partial charge in [0.15, 0.2) is 23.2 Å². The number of nitrogens with two attached hydrogens (primary N) is 1. The summed E-state index contributed by atoms with van der Waals surface area (Å²) in [6.45, 7) is -0.990. The average Bonchev–Trinajstić information content (AvgIpc) is 3.46. The molecule has 1 fully saturated rings. The fourth-order valence-electron chi connectivity index (χ4n) is 4.05. The Labute approximate surface area is 238 Å². The highest BCUT2D eigenvalue weighted by Gasteiger charge is 2.46. The zero-order valence-electron chi connectivity index (χ0n) is 21.3. The third-order valence-corrected chi connectivity index (χ3v) is 7.84. The maximum absolute atomic E-state index is 13.7. The molecule has 5 N–H and O–H groups in total. The second-order valence-electron chi connectivity index (χ2n) is 8.91. The van der Waals surface area contributed by atoms with Gasteiger partial charge in [0.05, 0.1) is 6.61 Å². The number of hydrogen-bond donors (Lipinski definition) is 4. The Morgan fingerprint density at radius 2 is 1.80 bits per heavy atom. The standard InChI is InChI=1S/C25H26ClN6O8P/c26-25-31-19-22(27)28-14-29-23(19)32(25)24-21(35)20(34)17(39-24)13-38-41(36,40-16-9-5-2-6-10-16)30-11-18(33)37-12-15-7-3-1-4-8-15/h1-10,14,17,20-21,24,34-35H,11-13H2,(H,30,36)(H2,27,28,29)/t17-,20+,21-,24-,41-/m1/s1. The number of esters is 1. The molecule has 4 aromatic rings. The van der Waals surface area contributed by atoms with Gasteiger partial charge in [-0.25, -0.2) is 24.6 Å². The molecule has 14 nitrogen and oxygen atoms in total. The van der Waals surface area contributed by atoms with Gasteiger partial charge in [-0.3, -0.25) is 13.9 Å². The second-order valence-corrected chi connectivity index (χ2v) is 11.0. The van der Waals surface area contributed by atoms with Crippen molar-refractivity contribution in [1.29, 1.82) is 0 Å². The van der Waals surface area contributed by atoms with Crippen LogP contribution in [0, 0.1) is 0 Å². The van der Waals surface area contributed by atoms with E-state index in [-0.39, 0.29) is 34.6 Å². The Hall–Kier alpha value is -3.62. The van der Waals surface area contributed by atoms with Gasteiger partial charge in [-0.1, -0.05) is 48.5 Å². The summed E-state index contributed by atoms with van der Waals surface area (Å²) < 4.78 is 37.1. The number of nitrogens with zero attached hydrogens (tertiary/aromatic N) is 4. The molecule has 1 aliphatic rings. The van der Waals surface area contributed by atoms with Crippen LogP contribution in [0.15, 0.2) is 67.0 Å². The number of aliphatic hydroxyl groups is 2. The summed E-state index contributed by atoms with van der Waals surface area (Å²) in [7, 11) is -4.23. The summed E-state index contributed by atoms with van der Waals surface area (Å²) in [6, 6.07) is 17.2. The third-order valence-electron chi connectivity index (χ3n) is 6.09. The number of aliphatic hydroxyl groups excluding tert-OH is 2. The lowest BCUT2D eigenvalue weighted by Gasteiger charge is -2.22. The van der Waals surface area contributed by atoms with Crippen LogP contribution in [0.3, 0.4) is 0 Å². The van der Waals surface area contributed by atoms with Crippen molar-refractivity contribution in [2.75, 3.05) is 18.9 Å². The number of carbonyl (C=O) groups is 1. The van der Waals surface area contributed by atoms with E-state index >= 15 is 0 Å². The van der Waals surface area contributed by atoms with Crippen molar-refractivity contribution in [3.05, 3.63) is 77.8 Å². The molecule has 1 aliphatic heterocycles. The molecule has 2 aromatic heterocycles. The lowest BCUT2D eigenvalue weighted by Crippen LogP contribution is -2.34. The zero-order valence-corrected chi connectivity index (χ0v) is 23.0. The van der Waals surface area contributed by atoms with Crippen LogP contribution in [0.2, 0.25) is 5.28 Å². The first-order valence-electron chi connectivity index (χ1n) is 12.3. The summed E-state index contributed by atoms with van der Waals surface area (Å²) in [5, 5.41) is 23.8. The molecule has 0 saturated carbocycles. The van der Waals surface area contributed by atoms with Gasteiger partial charge in [-0.15, -0.1) is 0 Å². The number of nitrogens with one attached hydrogen (secondary N) is 1. The van der Waals surface area contributed by atoms with E-state index in [1.807, 2.05) is 18.2 Å². The van der Waals surface area contributed by atoms with E-state index in [4.69, 9.17) is 35.9 Å². The zero-order chi connectivity index (χ0) is 29.0. The van der Waals surface area contributed by atoms with Gasteiger partial charge >= 0.3 is 13.7 Å². The maximum atomic E-state index is 13.7. The fraction of sp³-hybridized carbons (Fsp3) is 0.280. The van der Waals surface area contributed by atoms with Crippen LogP contribution in [-0.2, 0) is 30.0 Å². The minimum atomic E-state index is -4.23. The van der Waals surface area contributed by atoms with Crippen molar-refractivity contribution in [1.82, 2.24) is 24.6 Å². The van der Waals surface area contributed by atoms with E-state index in [2.05, 4.69) is 20.0 Å². The van der Waals surface area contributed by atoms with E-state index < -0.39 is 51.4 Å². The van der Waals surface area contributed by atoms with Gasteiger partial charge in [-0.2, -0.15) is 0 Å².